The standard InChI is InChI=1S/C14H23NO4/c1-9-8-11(10(2)16)12(17)6-7-15(9)13(18)19-14(3,4)5/h9,11H,6-8H2,1-5H3. The number of carbonyl (C=O) groups is 3. The zero-order valence-electron chi connectivity index (χ0n) is 12.4. The van der Waals surface area contributed by atoms with Crippen LogP contribution in [-0.4, -0.2) is 40.7 Å². The van der Waals surface area contributed by atoms with E-state index in [9.17, 15) is 14.4 Å². The van der Waals surface area contributed by atoms with E-state index in [-0.39, 0.29) is 24.0 Å². The molecule has 0 bridgehead atoms. The summed E-state index contributed by atoms with van der Waals surface area (Å²) < 4.78 is 5.32. The minimum atomic E-state index is -0.581. The van der Waals surface area contributed by atoms with Gasteiger partial charge in [-0.3, -0.25) is 9.59 Å². The first-order chi connectivity index (χ1) is 8.61. The van der Waals surface area contributed by atoms with Crippen LogP contribution in [0.15, 0.2) is 0 Å². The second-order valence-corrected chi connectivity index (χ2v) is 6.14. The van der Waals surface area contributed by atoms with Gasteiger partial charge in [-0.25, -0.2) is 4.79 Å². The first-order valence-corrected chi connectivity index (χ1v) is 6.64. The number of carbonyl (C=O) groups excluding carboxylic acids is 3. The van der Waals surface area contributed by atoms with Crippen molar-refractivity contribution in [3.05, 3.63) is 0 Å². The van der Waals surface area contributed by atoms with Crippen molar-refractivity contribution >= 4 is 17.7 Å². The van der Waals surface area contributed by atoms with Gasteiger partial charge in [-0.1, -0.05) is 0 Å². The van der Waals surface area contributed by atoms with Gasteiger partial charge in [0, 0.05) is 19.0 Å². The molecule has 0 saturated carbocycles. The van der Waals surface area contributed by atoms with Crippen molar-refractivity contribution in [1.82, 2.24) is 4.90 Å². The predicted octanol–water partition coefficient (Wildman–Crippen LogP) is 2.18. The quantitative estimate of drug-likeness (QED) is 0.684. The summed E-state index contributed by atoms with van der Waals surface area (Å²) in [6.45, 7) is 9.00. The summed E-state index contributed by atoms with van der Waals surface area (Å²) in [6.07, 6.45) is 0.179. The summed E-state index contributed by atoms with van der Waals surface area (Å²) in [5.41, 5.74) is -0.562. The van der Waals surface area contributed by atoms with E-state index in [2.05, 4.69) is 0 Å². The predicted molar refractivity (Wildman–Crippen MR) is 70.8 cm³/mol. The van der Waals surface area contributed by atoms with Crippen LogP contribution in [0.2, 0.25) is 0 Å². The molecule has 1 aliphatic heterocycles. The van der Waals surface area contributed by atoms with Crippen molar-refractivity contribution in [2.24, 2.45) is 5.92 Å². The van der Waals surface area contributed by atoms with Gasteiger partial charge in [0.15, 0.2) is 0 Å². The number of ether oxygens (including phenoxy) is 1. The van der Waals surface area contributed by atoms with E-state index in [1.807, 2.05) is 6.92 Å². The van der Waals surface area contributed by atoms with Gasteiger partial charge in [-0.15, -0.1) is 0 Å². The Morgan fingerprint density at radius 3 is 2.37 bits per heavy atom. The largest absolute Gasteiger partial charge is 0.444 e. The van der Waals surface area contributed by atoms with Crippen molar-refractivity contribution in [2.45, 2.75) is 59.1 Å². The molecule has 1 fully saturated rings. The zero-order valence-corrected chi connectivity index (χ0v) is 12.4. The Hall–Kier alpha value is -1.39. The van der Waals surface area contributed by atoms with Crippen LogP contribution in [0, 0.1) is 5.92 Å². The van der Waals surface area contributed by atoms with E-state index in [0.29, 0.717) is 13.0 Å². The lowest BCUT2D eigenvalue weighted by Gasteiger charge is -2.30. The number of nitrogens with zero attached hydrogens (tertiary/aromatic N) is 1. The molecule has 2 unspecified atom stereocenters. The highest BCUT2D eigenvalue weighted by molar-refractivity contribution is 6.01. The molecule has 108 valence electrons. The van der Waals surface area contributed by atoms with Crippen molar-refractivity contribution in [1.29, 1.82) is 0 Å². The fourth-order valence-corrected chi connectivity index (χ4v) is 2.21. The second-order valence-electron chi connectivity index (χ2n) is 6.14. The highest BCUT2D eigenvalue weighted by Crippen LogP contribution is 2.22. The van der Waals surface area contributed by atoms with Gasteiger partial charge in [0.25, 0.3) is 0 Å². The number of hydrogen-bond acceptors (Lipinski definition) is 4. The average molecular weight is 269 g/mol. The van der Waals surface area contributed by atoms with Crippen molar-refractivity contribution in [2.75, 3.05) is 6.54 Å². The molecule has 19 heavy (non-hydrogen) atoms. The Labute approximate surface area is 114 Å². The van der Waals surface area contributed by atoms with Crippen LogP contribution in [0.25, 0.3) is 0 Å². The highest BCUT2D eigenvalue weighted by atomic mass is 16.6. The van der Waals surface area contributed by atoms with Crippen molar-refractivity contribution in [3.63, 3.8) is 0 Å². The van der Waals surface area contributed by atoms with E-state index >= 15 is 0 Å². The second kappa shape index (κ2) is 5.72. The van der Waals surface area contributed by atoms with Crippen molar-refractivity contribution < 1.29 is 19.1 Å². The van der Waals surface area contributed by atoms with Gasteiger partial charge < -0.3 is 9.64 Å². The van der Waals surface area contributed by atoms with Gasteiger partial charge in [-0.2, -0.15) is 0 Å². The Kier molecular flexibility index (Phi) is 4.71. The third-order valence-electron chi connectivity index (χ3n) is 3.22. The normalized spacial score (nSPS) is 24.9. The lowest BCUT2D eigenvalue weighted by atomic mass is 9.93. The topological polar surface area (TPSA) is 63.7 Å². The maximum atomic E-state index is 12.1. The highest BCUT2D eigenvalue weighted by Gasteiger charge is 2.35. The minimum Gasteiger partial charge on any atom is -0.444 e. The molecular weight excluding hydrogens is 246 g/mol. The number of rotatable bonds is 1. The summed E-state index contributed by atoms with van der Waals surface area (Å²) in [5, 5.41) is 0. The van der Waals surface area contributed by atoms with Crippen LogP contribution in [0.5, 0.6) is 0 Å². The monoisotopic (exact) mass is 269 g/mol. The molecule has 0 aromatic rings. The number of likely N-dealkylation sites (tertiary alicyclic amines) is 1. The molecule has 0 aromatic carbocycles. The molecule has 0 aromatic heterocycles. The molecular formula is C14H23NO4. The van der Waals surface area contributed by atoms with Crippen LogP contribution in [0.4, 0.5) is 4.79 Å². The van der Waals surface area contributed by atoms with Crippen LogP contribution < -0.4 is 0 Å². The van der Waals surface area contributed by atoms with E-state index < -0.39 is 17.6 Å². The summed E-state index contributed by atoms with van der Waals surface area (Å²) in [5.74, 6) is -0.782. The number of hydrogen-bond donors (Lipinski definition) is 0. The van der Waals surface area contributed by atoms with Crippen molar-refractivity contribution in [3.8, 4) is 0 Å². The van der Waals surface area contributed by atoms with E-state index in [1.54, 1.807) is 25.7 Å². The number of ketones is 2. The molecule has 1 aliphatic rings. The zero-order chi connectivity index (χ0) is 14.8. The fourth-order valence-electron chi connectivity index (χ4n) is 2.21. The first-order valence-electron chi connectivity index (χ1n) is 6.64. The third kappa shape index (κ3) is 4.33. The molecule has 5 heteroatoms. The van der Waals surface area contributed by atoms with Gasteiger partial charge in [-0.05, 0) is 41.0 Å². The molecule has 1 saturated heterocycles. The maximum absolute atomic E-state index is 12.1. The molecule has 1 rings (SSSR count). The van der Waals surface area contributed by atoms with Gasteiger partial charge in [0.2, 0.25) is 0 Å². The fraction of sp³-hybridized carbons (Fsp3) is 0.786. The molecule has 2 atom stereocenters. The Bertz CT molecular complexity index is 383. The molecule has 0 N–H and O–H groups in total. The summed E-state index contributed by atoms with van der Waals surface area (Å²) in [7, 11) is 0. The lowest BCUT2D eigenvalue weighted by molar-refractivity contribution is -0.131. The molecule has 1 amide bonds. The molecule has 5 nitrogen and oxygen atoms in total. The van der Waals surface area contributed by atoms with E-state index in [1.165, 1.54) is 6.92 Å². The maximum Gasteiger partial charge on any atom is 0.410 e. The van der Waals surface area contributed by atoms with Crippen LogP contribution in [-0.2, 0) is 14.3 Å². The van der Waals surface area contributed by atoms with Crippen LogP contribution in [0.3, 0.4) is 0 Å². The molecule has 0 radical (unpaired) electrons. The third-order valence-corrected chi connectivity index (χ3v) is 3.22. The smallest absolute Gasteiger partial charge is 0.410 e. The Morgan fingerprint density at radius 1 is 1.32 bits per heavy atom. The van der Waals surface area contributed by atoms with E-state index in [0.717, 1.165) is 0 Å². The lowest BCUT2D eigenvalue weighted by Crippen LogP contribution is -2.42. The van der Waals surface area contributed by atoms with Crippen LogP contribution in [0.1, 0.15) is 47.5 Å². The van der Waals surface area contributed by atoms with Gasteiger partial charge in [0.1, 0.15) is 17.2 Å². The number of amides is 1. The molecule has 0 spiro atoms. The Morgan fingerprint density at radius 2 is 1.89 bits per heavy atom. The Balaban J connectivity index is 2.80. The molecule has 1 heterocycles. The van der Waals surface area contributed by atoms with Gasteiger partial charge >= 0.3 is 6.09 Å². The average Bonchev–Trinajstić information content (AvgIpc) is 2.36. The summed E-state index contributed by atoms with van der Waals surface area (Å²) >= 11 is 0. The minimum absolute atomic E-state index is 0.0783. The van der Waals surface area contributed by atoms with Gasteiger partial charge in [0.05, 0.1) is 5.92 Å². The molecule has 0 aliphatic carbocycles. The van der Waals surface area contributed by atoms with E-state index in [4.69, 9.17) is 4.74 Å². The first kappa shape index (κ1) is 15.7. The summed E-state index contributed by atoms with van der Waals surface area (Å²) in [6, 6.07) is -0.171. The number of Topliss-reactive ketones (excluding diaryl/α,β-unsaturated/α-hetero) is 2. The van der Waals surface area contributed by atoms with Crippen LogP contribution >= 0.6 is 0 Å². The SMILES string of the molecule is CC(=O)C1CC(C)N(C(=O)OC(C)(C)C)CCC1=O. The summed E-state index contributed by atoms with van der Waals surface area (Å²) in [4.78, 5) is 36.9.